The Labute approximate surface area is 154 Å². The SMILES string of the molecule is Cc1cn(C#CCN2CCC3=C(CN(Cc4ccccc4)C=N3)C2)cn1. The summed E-state index contributed by atoms with van der Waals surface area (Å²) in [7, 11) is 0. The lowest BCUT2D eigenvalue weighted by molar-refractivity contribution is 0.300. The van der Waals surface area contributed by atoms with Crippen LogP contribution in [0.1, 0.15) is 17.7 Å². The molecule has 5 heteroatoms. The minimum absolute atomic E-state index is 0.774. The molecule has 0 unspecified atom stereocenters. The molecule has 4 rings (SSSR count). The predicted molar refractivity (Wildman–Crippen MR) is 104 cm³/mol. The summed E-state index contributed by atoms with van der Waals surface area (Å²) in [5, 5.41) is 0. The highest BCUT2D eigenvalue weighted by molar-refractivity contribution is 5.60. The van der Waals surface area contributed by atoms with Crippen LogP contribution in [-0.2, 0) is 6.54 Å². The van der Waals surface area contributed by atoms with E-state index in [9.17, 15) is 0 Å². The molecule has 26 heavy (non-hydrogen) atoms. The van der Waals surface area contributed by atoms with Crippen molar-refractivity contribution in [3.8, 4) is 12.0 Å². The number of benzene rings is 1. The second-order valence-corrected chi connectivity index (χ2v) is 6.86. The van der Waals surface area contributed by atoms with Crippen LogP contribution in [0, 0.1) is 18.9 Å². The van der Waals surface area contributed by atoms with E-state index < -0.39 is 0 Å². The fraction of sp³-hybridized carbons (Fsp3) is 0.333. The number of nitrogens with zero attached hydrogens (tertiary/aromatic N) is 5. The molecule has 0 saturated heterocycles. The van der Waals surface area contributed by atoms with Crippen molar-refractivity contribution in [2.45, 2.75) is 19.9 Å². The van der Waals surface area contributed by atoms with Crippen molar-refractivity contribution in [2.75, 3.05) is 26.2 Å². The van der Waals surface area contributed by atoms with Gasteiger partial charge in [0, 0.05) is 50.5 Å². The zero-order valence-corrected chi connectivity index (χ0v) is 15.1. The van der Waals surface area contributed by atoms with Gasteiger partial charge in [-0.15, -0.1) is 0 Å². The molecule has 2 aromatic rings. The van der Waals surface area contributed by atoms with Gasteiger partial charge in [-0.05, 0) is 18.1 Å². The van der Waals surface area contributed by atoms with Crippen LogP contribution in [0.3, 0.4) is 0 Å². The van der Waals surface area contributed by atoms with E-state index in [1.54, 1.807) is 6.33 Å². The summed E-state index contributed by atoms with van der Waals surface area (Å²) in [5.74, 6) is 3.26. The third-order valence-electron chi connectivity index (χ3n) is 4.71. The first-order valence-corrected chi connectivity index (χ1v) is 9.01. The van der Waals surface area contributed by atoms with E-state index in [4.69, 9.17) is 4.99 Å². The molecule has 0 bridgehead atoms. The first kappa shape index (κ1) is 16.6. The van der Waals surface area contributed by atoms with E-state index in [-0.39, 0.29) is 0 Å². The lowest BCUT2D eigenvalue weighted by Gasteiger charge is -2.33. The van der Waals surface area contributed by atoms with Crippen molar-refractivity contribution < 1.29 is 0 Å². The Bertz CT molecular complexity index is 882. The van der Waals surface area contributed by atoms with Gasteiger partial charge in [0.15, 0.2) is 0 Å². The molecule has 1 aromatic carbocycles. The largest absolute Gasteiger partial charge is 0.354 e. The average molecular weight is 345 g/mol. The van der Waals surface area contributed by atoms with Crippen LogP contribution in [0.5, 0.6) is 0 Å². The molecule has 2 aliphatic rings. The number of aryl methyl sites for hydroxylation is 1. The van der Waals surface area contributed by atoms with E-state index in [1.807, 2.05) is 24.0 Å². The molecule has 0 spiro atoms. The molecule has 0 fully saturated rings. The van der Waals surface area contributed by atoms with E-state index in [0.29, 0.717) is 0 Å². The Morgan fingerprint density at radius 2 is 2.04 bits per heavy atom. The third kappa shape index (κ3) is 4.04. The number of aromatic nitrogens is 2. The summed E-state index contributed by atoms with van der Waals surface area (Å²) in [5.41, 5.74) is 5.00. The van der Waals surface area contributed by atoms with Crippen molar-refractivity contribution >= 4 is 6.34 Å². The van der Waals surface area contributed by atoms with E-state index in [2.05, 4.69) is 57.1 Å². The smallest absolute Gasteiger partial charge is 0.107 e. The highest BCUT2D eigenvalue weighted by Crippen LogP contribution is 2.23. The van der Waals surface area contributed by atoms with E-state index >= 15 is 0 Å². The Balaban J connectivity index is 1.34. The van der Waals surface area contributed by atoms with Crippen molar-refractivity contribution in [3.63, 3.8) is 0 Å². The zero-order valence-electron chi connectivity index (χ0n) is 15.1. The predicted octanol–water partition coefficient (Wildman–Crippen LogP) is 2.50. The van der Waals surface area contributed by atoms with Crippen LogP contribution in [-0.4, -0.2) is 51.9 Å². The Kier molecular flexibility index (Phi) is 4.85. The summed E-state index contributed by atoms with van der Waals surface area (Å²) in [6, 6.07) is 13.7. The highest BCUT2D eigenvalue weighted by Gasteiger charge is 2.22. The Morgan fingerprint density at radius 1 is 1.15 bits per heavy atom. The maximum Gasteiger partial charge on any atom is 0.107 e. The molecule has 132 valence electrons. The lowest BCUT2D eigenvalue weighted by atomic mass is 10.0. The van der Waals surface area contributed by atoms with Gasteiger partial charge in [0.2, 0.25) is 0 Å². The van der Waals surface area contributed by atoms with Crippen LogP contribution < -0.4 is 0 Å². The molecule has 5 nitrogen and oxygen atoms in total. The second kappa shape index (κ2) is 7.59. The van der Waals surface area contributed by atoms with Gasteiger partial charge in [-0.1, -0.05) is 36.3 Å². The maximum absolute atomic E-state index is 4.70. The first-order valence-electron chi connectivity index (χ1n) is 9.01. The number of imidazole rings is 1. The Morgan fingerprint density at radius 3 is 2.85 bits per heavy atom. The van der Waals surface area contributed by atoms with Crippen LogP contribution >= 0.6 is 0 Å². The fourth-order valence-corrected chi connectivity index (χ4v) is 3.39. The first-order chi connectivity index (χ1) is 12.8. The summed E-state index contributed by atoms with van der Waals surface area (Å²) in [4.78, 5) is 13.6. The molecule has 0 radical (unpaired) electrons. The summed E-state index contributed by atoms with van der Waals surface area (Å²) in [6.07, 6.45) is 6.72. The summed E-state index contributed by atoms with van der Waals surface area (Å²) in [6.45, 7) is 6.58. The minimum atomic E-state index is 0.774. The standard InChI is InChI=1S/C21H23N5/c1-18-12-25(16-22-18)10-5-9-24-11-8-21-20(14-24)15-26(17-23-21)13-19-6-3-2-4-7-19/h2-4,6-7,12,16-17H,8-9,11,13-15H2,1H3. The fourth-order valence-electron chi connectivity index (χ4n) is 3.39. The molecule has 3 heterocycles. The van der Waals surface area contributed by atoms with Crippen molar-refractivity contribution in [3.05, 3.63) is 65.4 Å². The monoisotopic (exact) mass is 345 g/mol. The molecule has 0 amide bonds. The van der Waals surface area contributed by atoms with Gasteiger partial charge in [-0.2, -0.15) is 0 Å². The van der Waals surface area contributed by atoms with Gasteiger partial charge in [0.05, 0.1) is 18.6 Å². The average Bonchev–Trinajstić information content (AvgIpc) is 3.07. The number of hydrogen-bond acceptors (Lipinski definition) is 4. The van der Waals surface area contributed by atoms with Gasteiger partial charge < -0.3 is 4.90 Å². The quantitative estimate of drug-likeness (QED) is 0.802. The van der Waals surface area contributed by atoms with E-state index in [0.717, 1.165) is 44.8 Å². The van der Waals surface area contributed by atoms with Crippen LogP contribution in [0.15, 0.2) is 59.1 Å². The third-order valence-corrected chi connectivity index (χ3v) is 4.71. The van der Waals surface area contributed by atoms with Crippen LogP contribution in [0.25, 0.3) is 0 Å². The van der Waals surface area contributed by atoms with Gasteiger partial charge >= 0.3 is 0 Å². The molecule has 0 aliphatic carbocycles. The van der Waals surface area contributed by atoms with Gasteiger partial charge in [-0.3, -0.25) is 9.47 Å². The minimum Gasteiger partial charge on any atom is -0.354 e. The van der Waals surface area contributed by atoms with E-state index in [1.165, 1.54) is 16.8 Å². The Hall–Kier alpha value is -2.84. The zero-order chi connectivity index (χ0) is 17.8. The van der Waals surface area contributed by atoms with Crippen molar-refractivity contribution in [1.82, 2.24) is 19.4 Å². The molecular weight excluding hydrogens is 322 g/mol. The molecule has 0 atom stereocenters. The molecule has 0 N–H and O–H groups in total. The number of hydrogen-bond donors (Lipinski definition) is 0. The number of rotatable bonds is 3. The maximum atomic E-state index is 4.70. The van der Waals surface area contributed by atoms with Gasteiger partial charge in [0.1, 0.15) is 6.33 Å². The van der Waals surface area contributed by atoms with Crippen LogP contribution in [0.2, 0.25) is 0 Å². The molecule has 1 aromatic heterocycles. The van der Waals surface area contributed by atoms with Gasteiger partial charge in [0.25, 0.3) is 0 Å². The molecule has 0 saturated carbocycles. The topological polar surface area (TPSA) is 36.7 Å². The van der Waals surface area contributed by atoms with Crippen molar-refractivity contribution in [2.24, 2.45) is 4.99 Å². The summed E-state index contributed by atoms with van der Waals surface area (Å²) < 4.78 is 1.83. The van der Waals surface area contributed by atoms with Crippen molar-refractivity contribution in [1.29, 1.82) is 0 Å². The van der Waals surface area contributed by atoms with Gasteiger partial charge in [-0.25, -0.2) is 9.98 Å². The number of aliphatic imine (C=N–C) groups is 1. The summed E-state index contributed by atoms with van der Waals surface area (Å²) >= 11 is 0. The lowest BCUT2D eigenvalue weighted by Crippen LogP contribution is -2.38. The second-order valence-electron chi connectivity index (χ2n) is 6.86. The molecular formula is C21H23N5. The highest BCUT2D eigenvalue weighted by atomic mass is 15.2. The van der Waals surface area contributed by atoms with Crippen LogP contribution in [0.4, 0.5) is 0 Å². The normalized spacial score (nSPS) is 17.0. The molecule has 2 aliphatic heterocycles.